The summed E-state index contributed by atoms with van der Waals surface area (Å²) < 4.78 is 15.9. The molecule has 0 fully saturated rings. The van der Waals surface area contributed by atoms with Gasteiger partial charge < -0.3 is 19.9 Å². The monoisotopic (exact) mass is 287 g/mol. The molecule has 0 unspecified atom stereocenters. The molecule has 0 amide bonds. The number of hydrogen-bond donors (Lipinski definition) is 1. The minimum atomic E-state index is -0.513. The lowest BCUT2D eigenvalue weighted by molar-refractivity contribution is 0.0589. The van der Waals surface area contributed by atoms with Gasteiger partial charge in [0.05, 0.1) is 17.3 Å². The molecule has 1 aliphatic rings. The molecule has 1 aromatic rings. The molecule has 0 bridgehead atoms. The van der Waals surface area contributed by atoms with Crippen LogP contribution in [-0.2, 0) is 4.74 Å². The Kier molecular flexibility index (Phi) is 2.91. The van der Waals surface area contributed by atoms with Crippen LogP contribution < -0.4 is 15.2 Å². The molecule has 0 aliphatic carbocycles. The largest absolute Gasteiger partial charge is 0.486 e. The fourth-order valence-electron chi connectivity index (χ4n) is 1.47. The lowest BCUT2D eigenvalue weighted by Crippen LogP contribution is -2.19. The highest BCUT2D eigenvalue weighted by Gasteiger charge is 2.26. The first-order valence-corrected chi connectivity index (χ1v) is 5.40. The Morgan fingerprint density at radius 2 is 2.19 bits per heavy atom. The summed E-state index contributed by atoms with van der Waals surface area (Å²) in [5, 5.41) is 0. The summed E-state index contributed by atoms with van der Waals surface area (Å²) in [4.78, 5) is 11.6. The van der Waals surface area contributed by atoms with Gasteiger partial charge in [0.15, 0.2) is 11.5 Å². The first kappa shape index (κ1) is 11.1. The van der Waals surface area contributed by atoms with Crippen molar-refractivity contribution in [3.63, 3.8) is 0 Å². The molecule has 0 radical (unpaired) electrons. The van der Waals surface area contributed by atoms with Crippen LogP contribution in [0.25, 0.3) is 0 Å². The number of halogens is 1. The first-order valence-electron chi connectivity index (χ1n) is 4.61. The van der Waals surface area contributed by atoms with Crippen LogP contribution >= 0.6 is 15.9 Å². The maximum atomic E-state index is 11.6. The van der Waals surface area contributed by atoms with Gasteiger partial charge in [0, 0.05) is 6.07 Å². The number of rotatable bonds is 1. The second kappa shape index (κ2) is 4.21. The summed E-state index contributed by atoms with van der Waals surface area (Å²) in [6, 6.07) is 1.62. The van der Waals surface area contributed by atoms with Crippen molar-refractivity contribution in [2.45, 2.75) is 0 Å². The molecule has 0 saturated heterocycles. The molecule has 1 heterocycles. The Balaban J connectivity index is 2.63. The van der Waals surface area contributed by atoms with Crippen molar-refractivity contribution in [2.24, 2.45) is 0 Å². The molecule has 0 atom stereocenters. The van der Waals surface area contributed by atoms with Crippen molar-refractivity contribution in [3.05, 3.63) is 16.1 Å². The van der Waals surface area contributed by atoms with Crippen LogP contribution in [0.4, 0.5) is 5.69 Å². The summed E-state index contributed by atoms with van der Waals surface area (Å²) in [7, 11) is 1.30. The second-order valence-electron chi connectivity index (χ2n) is 3.17. The number of fused-ring (bicyclic) bond motifs is 1. The van der Waals surface area contributed by atoms with Gasteiger partial charge in [0.25, 0.3) is 0 Å². The SMILES string of the molecule is COC(=O)c1c(Br)c(N)cc2c1OCCO2. The molecule has 2 rings (SSSR count). The van der Waals surface area contributed by atoms with Gasteiger partial charge in [0.1, 0.15) is 18.8 Å². The third kappa shape index (κ3) is 1.69. The van der Waals surface area contributed by atoms with E-state index in [1.165, 1.54) is 7.11 Å². The number of anilines is 1. The highest BCUT2D eigenvalue weighted by molar-refractivity contribution is 9.10. The molecule has 16 heavy (non-hydrogen) atoms. The van der Waals surface area contributed by atoms with E-state index < -0.39 is 5.97 Å². The van der Waals surface area contributed by atoms with E-state index in [0.717, 1.165) is 0 Å². The molecule has 2 N–H and O–H groups in total. The van der Waals surface area contributed by atoms with E-state index in [0.29, 0.717) is 34.9 Å². The van der Waals surface area contributed by atoms with Gasteiger partial charge in [-0.2, -0.15) is 0 Å². The molecular weight excluding hydrogens is 278 g/mol. The van der Waals surface area contributed by atoms with Crippen LogP contribution in [-0.4, -0.2) is 26.3 Å². The number of nitrogen functional groups attached to an aromatic ring is 1. The number of hydrogen-bond acceptors (Lipinski definition) is 5. The quantitative estimate of drug-likeness (QED) is 0.627. The standard InChI is InChI=1S/C10H10BrNO4/c1-14-10(13)7-8(11)5(12)4-6-9(7)16-3-2-15-6/h4H,2-3,12H2,1H3. The molecule has 5 nitrogen and oxygen atoms in total. The summed E-state index contributed by atoms with van der Waals surface area (Å²) in [5.74, 6) is 0.326. The number of methoxy groups -OCH3 is 1. The predicted molar refractivity (Wildman–Crippen MR) is 60.9 cm³/mol. The number of benzene rings is 1. The van der Waals surface area contributed by atoms with E-state index >= 15 is 0 Å². The smallest absolute Gasteiger partial charge is 0.343 e. The van der Waals surface area contributed by atoms with Gasteiger partial charge in [0.2, 0.25) is 0 Å². The maximum absolute atomic E-state index is 11.6. The average molecular weight is 288 g/mol. The van der Waals surface area contributed by atoms with Crippen LogP contribution in [0.1, 0.15) is 10.4 Å². The van der Waals surface area contributed by atoms with Crippen molar-refractivity contribution in [1.82, 2.24) is 0 Å². The van der Waals surface area contributed by atoms with Crippen molar-refractivity contribution in [1.29, 1.82) is 0 Å². The van der Waals surface area contributed by atoms with E-state index in [2.05, 4.69) is 20.7 Å². The zero-order valence-corrected chi connectivity index (χ0v) is 10.2. The second-order valence-corrected chi connectivity index (χ2v) is 3.96. The Morgan fingerprint density at radius 1 is 1.50 bits per heavy atom. The molecule has 6 heteroatoms. The van der Waals surface area contributed by atoms with Crippen molar-refractivity contribution >= 4 is 27.6 Å². The fraction of sp³-hybridized carbons (Fsp3) is 0.300. The number of carbonyl (C=O) groups is 1. The Morgan fingerprint density at radius 3 is 2.88 bits per heavy atom. The zero-order chi connectivity index (χ0) is 11.7. The average Bonchev–Trinajstić information content (AvgIpc) is 2.30. The third-order valence-electron chi connectivity index (χ3n) is 2.19. The summed E-state index contributed by atoms with van der Waals surface area (Å²) in [6.07, 6.45) is 0. The minimum Gasteiger partial charge on any atom is -0.486 e. The number of esters is 1. The van der Waals surface area contributed by atoms with Crippen LogP contribution in [0.15, 0.2) is 10.5 Å². The van der Waals surface area contributed by atoms with Gasteiger partial charge in [-0.25, -0.2) is 4.79 Å². The highest BCUT2D eigenvalue weighted by Crippen LogP contribution is 2.42. The van der Waals surface area contributed by atoms with E-state index in [1.54, 1.807) is 6.07 Å². The molecule has 1 aliphatic heterocycles. The van der Waals surface area contributed by atoms with Crippen LogP contribution in [0, 0.1) is 0 Å². The van der Waals surface area contributed by atoms with E-state index in [4.69, 9.17) is 15.2 Å². The number of nitrogens with two attached hydrogens (primary N) is 1. The van der Waals surface area contributed by atoms with Crippen molar-refractivity contribution in [3.8, 4) is 11.5 Å². The topological polar surface area (TPSA) is 70.8 Å². The molecule has 86 valence electrons. The van der Waals surface area contributed by atoms with Crippen LogP contribution in [0.3, 0.4) is 0 Å². The Hall–Kier alpha value is -1.43. The predicted octanol–water partition coefficient (Wildman–Crippen LogP) is 1.59. The third-order valence-corrected chi connectivity index (χ3v) is 3.04. The summed E-state index contributed by atoms with van der Waals surface area (Å²) in [6.45, 7) is 0.835. The van der Waals surface area contributed by atoms with Crippen molar-refractivity contribution < 1.29 is 19.0 Å². The highest BCUT2D eigenvalue weighted by atomic mass is 79.9. The van der Waals surface area contributed by atoms with Gasteiger partial charge in [-0.15, -0.1) is 0 Å². The van der Waals surface area contributed by atoms with Gasteiger partial charge in [-0.3, -0.25) is 0 Å². The summed E-state index contributed by atoms with van der Waals surface area (Å²) >= 11 is 3.24. The van der Waals surface area contributed by atoms with Crippen LogP contribution in [0.2, 0.25) is 0 Å². The molecule has 1 aromatic carbocycles. The lowest BCUT2D eigenvalue weighted by Gasteiger charge is -2.21. The minimum absolute atomic E-state index is 0.261. The van der Waals surface area contributed by atoms with Gasteiger partial charge in [-0.1, -0.05) is 0 Å². The summed E-state index contributed by atoms with van der Waals surface area (Å²) in [5.41, 5.74) is 6.42. The normalized spacial score (nSPS) is 13.4. The zero-order valence-electron chi connectivity index (χ0n) is 8.58. The number of carbonyl (C=O) groups excluding carboxylic acids is 1. The van der Waals surface area contributed by atoms with E-state index in [9.17, 15) is 4.79 Å². The van der Waals surface area contributed by atoms with E-state index in [-0.39, 0.29) is 5.56 Å². The molecule has 0 aromatic heterocycles. The molecule has 0 saturated carbocycles. The molecule has 0 spiro atoms. The first-order chi connectivity index (χ1) is 7.65. The van der Waals surface area contributed by atoms with Gasteiger partial charge >= 0.3 is 5.97 Å². The fourth-order valence-corrected chi connectivity index (χ4v) is 1.92. The number of ether oxygens (including phenoxy) is 3. The lowest BCUT2D eigenvalue weighted by atomic mass is 10.1. The van der Waals surface area contributed by atoms with E-state index in [1.807, 2.05) is 0 Å². The Bertz CT molecular complexity index is 447. The maximum Gasteiger partial charge on any atom is 0.343 e. The van der Waals surface area contributed by atoms with Crippen molar-refractivity contribution in [2.75, 3.05) is 26.1 Å². The Labute approximate surface area is 101 Å². The van der Waals surface area contributed by atoms with Crippen LogP contribution in [0.5, 0.6) is 11.5 Å². The molecular formula is C10H10BrNO4. The van der Waals surface area contributed by atoms with Gasteiger partial charge in [-0.05, 0) is 15.9 Å².